The third kappa shape index (κ3) is 101. The van der Waals surface area contributed by atoms with E-state index in [1.807, 2.05) is 72.8 Å². The largest absolute Gasteiger partial charge is 0.412 e. The van der Waals surface area contributed by atoms with Gasteiger partial charge in [-0.05, 0) is 31.2 Å². The van der Waals surface area contributed by atoms with Gasteiger partial charge in [-0.3, -0.25) is 4.79 Å². The van der Waals surface area contributed by atoms with Crippen LogP contribution in [0.2, 0.25) is 0 Å². The predicted molar refractivity (Wildman–Crippen MR) is 248 cm³/mol. The Hall–Kier alpha value is -2.45. The first-order valence-electron chi connectivity index (χ1n) is 20.9. The van der Waals surface area contributed by atoms with Crippen molar-refractivity contribution in [3.05, 3.63) is 72.8 Å². The Labute approximate surface area is 351 Å². The third-order valence-corrected chi connectivity index (χ3v) is 8.03. The third-order valence-electron chi connectivity index (χ3n) is 8.03. The summed E-state index contributed by atoms with van der Waals surface area (Å²) in [6, 6.07) is 24.0. The summed E-state index contributed by atoms with van der Waals surface area (Å²) < 4.78 is 0. The lowest BCUT2D eigenvalue weighted by Crippen LogP contribution is -2.11. The minimum atomic E-state index is 0. The van der Waals surface area contributed by atoms with E-state index in [0.29, 0.717) is 0 Å². The van der Waals surface area contributed by atoms with Gasteiger partial charge < -0.3 is 43.9 Å². The number of unbranched alkanes of at least 4 members (excludes halogenated alkanes) is 16. The fourth-order valence-electron chi connectivity index (χ4n) is 4.78. The van der Waals surface area contributed by atoms with Crippen LogP contribution in [0, 0.1) is 11.8 Å². The van der Waals surface area contributed by atoms with Crippen molar-refractivity contribution < 1.29 is 47.4 Å². The van der Waals surface area contributed by atoms with Crippen LogP contribution in [0.5, 0.6) is 0 Å². The van der Waals surface area contributed by atoms with E-state index in [1.54, 1.807) is 0 Å². The highest BCUT2D eigenvalue weighted by molar-refractivity contribution is 5.45. The predicted octanol–water partition coefficient (Wildman–Crippen LogP) is 8.58. The molecule has 3 rings (SSSR count). The van der Waals surface area contributed by atoms with Crippen molar-refractivity contribution in [3.63, 3.8) is 0 Å². The molecule has 1 saturated carbocycles. The normalized spacial score (nSPS) is 9.63. The number of carbonyl (C=O) groups is 1. The number of nitrogens with two attached hydrogens (primary N) is 1. The SMILES string of the molecule is C1CC1.CC(C)CCCCCCCCCCCN.CC(C)CCCCCCCCCCCNC=O.COOC.O.O.O.O.O.O.c1ccccc1.c1ccccc1. The van der Waals surface area contributed by atoms with Gasteiger partial charge in [-0.1, -0.05) is 235 Å². The molecule has 15 N–H and O–H groups in total. The van der Waals surface area contributed by atoms with E-state index >= 15 is 0 Å². The smallest absolute Gasteiger partial charge is 0.207 e. The van der Waals surface area contributed by atoms with Crippen molar-refractivity contribution in [2.75, 3.05) is 27.3 Å². The standard InChI is InChI=1S/C15H31NO.C14H31N.2C6H6.C3H6.C2H6O2.6H2O/c1-15(2)12-10-8-6-4-3-5-7-9-11-13-16-14-17;1-14(2)12-10-8-6-4-3-5-7-9-11-13-15;2*1-2-4-6-5-3-1;1-2-3-1;1-3-4-2;;;;;;/h14-15H,3-13H2,1-2H3,(H,16,17);14H,3-13,15H2,1-2H3;2*1-6H;1-3H2;1-2H3;6*1H2. The minimum Gasteiger partial charge on any atom is -0.412 e. The van der Waals surface area contributed by atoms with Crippen molar-refractivity contribution in [2.24, 2.45) is 17.6 Å². The van der Waals surface area contributed by atoms with Gasteiger partial charge in [0.25, 0.3) is 0 Å². The zero-order valence-corrected chi connectivity index (χ0v) is 37.6. The molecule has 0 radical (unpaired) electrons. The summed E-state index contributed by atoms with van der Waals surface area (Å²) in [6.45, 7) is 11.0. The molecule has 0 heterocycles. The van der Waals surface area contributed by atoms with Crippen LogP contribution in [-0.2, 0) is 14.6 Å². The molecule has 0 aliphatic heterocycles. The van der Waals surface area contributed by atoms with Gasteiger partial charge in [0, 0.05) is 6.54 Å². The van der Waals surface area contributed by atoms with Crippen LogP contribution in [0.3, 0.4) is 0 Å². The number of hydrogen-bond donors (Lipinski definition) is 2. The number of rotatable bonds is 25. The summed E-state index contributed by atoms with van der Waals surface area (Å²) in [6.07, 6.45) is 32.8. The Bertz CT molecular complexity index is 732. The monoisotopic (exact) mass is 823 g/mol. The van der Waals surface area contributed by atoms with Gasteiger partial charge in [-0.15, -0.1) is 0 Å². The Balaban J connectivity index is -0.0000000741. The summed E-state index contributed by atoms with van der Waals surface area (Å²) >= 11 is 0. The number of hydrogen-bond acceptors (Lipinski definition) is 4. The second-order valence-corrected chi connectivity index (χ2v) is 14.3. The summed E-state index contributed by atoms with van der Waals surface area (Å²) in [5.74, 6) is 1.76. The number of amides is 1. The first-order valence-corrected chi connectivity index (χ1v) is 20.9. The van der Waals surface area contributed by atoms with Gasteiger partial charge in [0.15, 0.2) is 0 Å². The van der Waals surface area contributed by atoms with Gasteiger partial charge in [0.1, 0.15) is 0 Å². The number of nitrogens with one attached hydrogen (secondary N) is 1. The molecule has 346 valence electrons. The highest BCUT2D eigenvalue weighted by atomic mass is 17.2. The van der Waals surface area contributed by atoms with E-state index in [9.17, 15) is 4.79 Å². The number of carbonyl (C=O) groups excluding carboxylic acids is 1. The molecule has 0 bridgehead atoms. The van der Waals surface area contributed by atoms with Gasteiger partial charge in [0.05, 0.1) is 14.2 Å². The molecule has 57 heavy (non-hydrogen) atoms. The molecular weight excluding hydrogens is 725 g/mol. The van der Waals surface area contributed by atoms with Crippen LogP contribution in [0.1, 0.15) is 175 Å². The first kappa shape index (κ1) is 75.4. The Morgan fingerprint density at radius 1 is 0.439 bits per heavy atom. The second kappa shape index (κ2) is 74.5. The fraction of sp³-hybridized carbons (Fsp3) is 0.717. The molecule has 0 saturated heterocycles. The topological polar surface area (TPSA) is 263 Å². The van der Waals surface area contributed by atoms with Crippen LogP contribution in [0.4, 0.5) is 0 Å². The molecule has 1 aliphatic carbocycles. The maximum absolute atomic E-state index is 10.00. The molecule has 1 fully saturated rings. The van der Waals surface area contributed by atoms with Gasteiger partial charge >= 0.3 is 0 Å². The van der Waals surface area contributed by atoms with Crippen molar-refractivity contribution in [1.29, 1.82) is 0 Å². The quantitative estimate of drug-likeness (QED) is 0.0431. The molecule has 0 aromatic heterocycles. The van der Waals surface area contributed by atoms with Gasteiger partial charge in [-0.25, -0.2) is 9.78 Å². The molecular formula is C46H98N2O9. The van der Waals surface area contributed by atoms with Gasteiger partial charge in [0.2, 0.25) is 6.41 Å². The molecule has 0 atom stereocenters. The lowest BCUT2D eigenvalue weighted by molar-refractivity contribution is -0.248. The van der Waals surface area contributed by atoms with Crippen LogP contribution in [0.25, 0.3) is 0 Å². The fourth-order valence-corrected chi connectivity index (χ4v) is 4.78. The van der Waals surface area contributed by atoms with Crippen molar-refractivity contribution in [1.82, 2.24) is 5.32 Å². The van der Waals surface area contributed by atoms with Crippen molar-refractivity contribution in [2.45, 2.75) is 175 Å². The van der Waals surface area contributed by atoms with Crippen LogP contribution >= 0.6 is 0 Å². The minimum absolute atomic E-state index is 0. The van der Waals surface area contributed by atoms with E-state index in [1.165, 1.54) is 155 Å². The lowest BCUT2D eigenvalue weighted by atomic mass is 10.0. The van der Waals surface area contributed by atoms with Gasteiger partial charge in [-0.2, -0.15) is 0 Å². The zero-order chi connectivity index (χ0) is 38.1. The summed E-state index contributed by atoms with van der Waals surface area (Å²) in [7, 11) is 2.92. The first-order chi connectivity index (χ1) is 25.0. The highest BCUT2D eigenvalue weighted by Crippen LogP contribution is 2.15. The highest BCUT2D eigenvalue weighted by Gasteiger charge is 1.97. The Kier molecular flexibility index (Phi) is 98.6. The Morgan fingerprint density at radius 3 is 0.860 bits per heavy atom. The molecule has 2 aromatic rings. The second-order valence-electron chi connectivity index (χ2n) is 14.3. The van der Waals surface area contributed by atoms with Crippen LogP contribution in [0.15, 0.2) is 72.8 Å². The van der Waals surface area contributed by atoms with E-state index in [4.69, 9.17) is 5.73 Å². The summed E-state index contributed by atoms with van der Waals surface area (Å²) in [4.78, 5) is 18.1. The summed E-state index contributed by atoms with van der Waals surface area (Å²) in [5.41, 5.74) is 5.45. The summed E-state index contributed by atoms with van der Waals surface area (Å²) in [5, 5.41) is 2.70. The number of benzene rings is 2. The van der Waals surface area contributed by atoms with Crippen molar-refractivity contribution in [3.8, 4) is 0 Å². The van der Waals surface area contributed by atoms with E-state index in [-0.39, 0.29) is 32.9 Å². The molecule has 1 amide bonds. The average molecular weight is 823 g/mol. The molecule has 0 unspecified atom stereocenters. The maximum atomic E-state index is 10.00. The van der Waals surface area contributed by atoms with Crippen LogP contribution < -0.4 is 11.1 Å². The molecule has 11 heteroatoms. The maximum Gasteiger partial charge on any atom is 0.207 e. The van der Waals surface area contributed by atoms with E-state index in [2.05, 4.69) is 42.8 Å². The van der Waals surface area contributed by atoms with E-state index in [0.717, 1.165) is 37.8 Å². The molecule has 0 spiro atoms. The Morgan fingerprint density at radius 2 is 0.667 bits per heavy atom. The van der Waals surface area contributed by atoms with Crippen molar-refractivity contribution >= 4 is 6.41 Å². The molecule has 11 nitrogen and oxygen atoms in total. The lowest BCUT2D eigenvalue weighted by Gasteiger charge is -2.04. The van der Waals surface area contributed by atoms with Crippen LogP contribution in [-0.4, -0.2) is 66.6 Å². The average Bonchev–Trinajstić information content (AvgIpc) is 4.05. The zero-order valence-electron chi connectivity index (χ0n) is 37.6. The molecule has 1 aliphatic rings. The van der Waals surface area contributed by atoms with E-state index < -0.39 is 0 Å². The molecule has 2 aromatic carbocycles.